The highest BCUT2D eigenvalue weighted by atomic mass is 32.2. The molecule has 1 aromatic heterocycles. The summed E-state index contributed by atoms with van der Waals surface area (Å²) < 4.78 is 38.5. The molecule has 1 aromatic carbocycles. The van der Waals surface area contributed by atoms with E-state index in [0.717, 1.165) is 6.07 Å². The van der Waals surface area contributed by atoms with Gasteiger partial charge in [0.25, 0.3) is 0 Å². The van der Waals surface area contributed by atoms with Gasteiger partial charge in [0.2, 0.25) is 5.78 Å². The van der Waals surface area contributed by atoms with Gasteiger partial charge in [0.1, 0.15) is 10.7 Å². The summed E-state index contributed by atoms with van der Waals surface area (Å²) in [7, 11) is -3.84. The van der Waals surface area contributed by atoms with Gasteiger partial charge in [-0.05, 0) is 35.6 Å². The summed E-state index contributed by atoms with van der Waals surface area (Å²) in [4.78, 5) is 12.4. The minimum Gasteiger partial charge on any atom is -0.288 e. The standard InChI is InChI=1S/C13H9FO3S2/c1-7-2-3-9(14)13-10(7)11(15)12-8(4-5-18-12)6-19(13,16)17/h2-5H,6H2,1H3. The Hall–Kier alpha value is -1.53. The highest BCUT2D eigenvalue weighted by Gasteiger charge is 2.34. The maximum Gasteiger partial charge on any atom is 0.204 e. The largest absolute Gasteiger partial charge is 0.288 e. The molecule has 0 radical (unpaired) electrons. The van der Waals surface area contributed by atoms with E-state index in [-0.39, 0.29) is 11.3 Å². The smallest absolute Gasteiger partial charge is 0.204 e. The summed E-state index contributed by atoms with van der Waals surface area (Å²) in [5, 5.41) is 1.68. The fourth-order valence-electron chi connectivity index (χ4n) is 2.28. The molecule has 0 N–H and O–H groups in total. The topological polar surface area (TPSA) is 51.2 Å². The highest BCUT2D eigenvalue weighted by molar-refractivity contribution is 7.90. The summed E-state index contributed by atoms with van der Waals surface area (Å²) in [5.41, 5.74) is 0.900. The fourth-order valence-corrected chi connectivity index (χ4v) is 4.97. The third-order valence-electron chi connectivity index (χ3n) is 3.15. The molecule has 0 unspecified atom stereocenters. The molecule has 1 aliphatic rings. The van der Waals surface area contributed by atoms with Crippen molar-refractivity contribution < 1.29 is 17.6 Å². The van der Waals surface area contributed by atoms with Gasteiger partial charge in [-0.25, -0.2) is 12.8 Å². The average Bonchev–Trinajstić information content (AvgIpc) is 2.74. The number of carbonyl (C=O) groups is 1. The maximum atomic E-state index is 13.9. The molecule has 6 heteroatoms. The Morgan fingerprint density at radius 1 is 1.26 bits per heavy atom. The van der Waals surface area contributed by atoms with Crippen molar-refractivity contribution in [2.45, 2.75) is 17.6 Å². The SMILES string of the molecule is Cc1ccc(F)c2c1C(=O)c1sccc1CS2(=O)=O. The minimum atomic E-state index is -3.84. The van der Waals surface area contributed by atoms with Gasteiger partial charge in [0.15, 0.2) is 9.84 Å². The summed E-state index contributed by atoms with van der Waals surface area (Å²) in [6.07, 6.45) is 0. The molecule has 1 aliphatic heterocycles. The van der Waals surface area contributed by atoms with E-state index < -0.39 is 26.3 Å². The molecule has 2 aromatic rings. The molecule has 0 saturated carbocycles. The van der Waals surface area contributed by atoms with Gasteiger partial charge in [-0.15, -0.1) is 11.3 Å². The molecule has 2 heterocycles. The van der Waals surface area contributed by atoms with E-state index in [1.165, 1.54) is 17.4 Å². The van der Waals surface area contributed by atoms with Crippen LogP contribution >= 0.6 is 11.3 Å². The minimum absolute atomic E-state index is 0.0267. The second-order valence-electron chi connectivity index (χ2n) is 4.43. The zero-order valence-electron chi connectivity index (χ0n) is 9.94. The van der Waals surface area contributed by atoms with Crippen molar-refractivity contribution in [1.82, 2.24) is 0 Å². The number of rotatable bonds is 0. The molecule has 3 rings (SSSR count). The lowest BCUT2D eigenvalue weighted by molar-refractivity contribution is 0.103. The predicted octanol–water partition coefficient (Wildman–Crippen LogP) is 2.71. The van der Waals surface area contributed by atoms with Crippen molar-refractivity contribution in [2.75, 3.05) is 0 Å². The summed E-state index contributed by atoms with van der Waals surface area (Å²) in [6, 6.07) is 4.13. The van der Waals surface area contributed by atoms with E-state index in [2.05, 4.69) is 0 Å². The average molecular weight is 296 g/mol. The van der Waals surface area contributed by atoms with Crippen molar-refractivity contribution in [3.8, 4) is 0 Å². The van der Waals surface area contributed by atoms with E-state index in [4.69, 9.17) is 0 Å². The van der Waals surface area contributed by atoms with Gasteiger partial charge < -0.3 is 0 Å². The maximum absolute atomic E-state index is 13.9. The Morgan fingerprint density at radius 3 is 2.74 bits per heavy atom. The number of ketones is 1. The highest BCUT2D eigenvalue weighted by Crippen LogP contribution is 2.35. The third kappa shape index (κ3) is 1.74. The molecule has 0 saturated heterocycles. The van der Waals surface area contributed by atoms with Crippen molar-refractivity contribution in [3.63, 3.8) is 0 Å². The van der Waals surface area contributed by atoms with Crippen LogP contribution in [0.5, 0.6) is 0 Å². The zero-order chi connectivity index (χ0) is 13.8. The van der Waals surface area contributed by atoms with Gasteiger partial charge >= 0.3 is 0 Å². The molecule has 0 amide bonds. The first-order chi connectivity index (χ1) is 8.92. The van der Waals surface area contributed by atoms with Crippen LogP contribution in [0.3, 0.4) is 0 Å². The second-order valence-corrected chi connectivity index (χ2v) is 7.27. The number of halogens is 1. The van der Waals surface area contributed by atoms with E-state index in [1.54, 1.807) is 18.4 Å². The van der Waals surface area contributed by atoms with Gasteiger partial charge in [0, 0.05) is 5.56 Å². The van der Waals surface area contributed by atoms with Crippen molar-refractivity contribution in [3.05, 3.63) is 51.0 Å². The van der Waals surface area contributed by atoms with Crippen LogP contribution in [0.1, 0.15) is 26.4 Å². The number of hydrogen-bond donors (Lipinski definition) is 0. The molecule has 0 fully saturated rings. The van der Waals surface area contributed by atoms with Crippen LogP contribution in [0.2, 0.25) is 0 Å². The predicted molar refractivity (Wildman–Crippen MR) is 69.8 cm³/mol. The van der Waals surface area contributed by atoms with E-state index in [1.807, 2.05) is 0 Å². The van der Waals surface area contributed by atoms with Crippen molar-refractivity contribution in [2.24, 2.45) is 0 Å². The van der Waals surface area contributed by atoms with Gasteiger partial charge in [-0.1, -0.05) is 6.07 Å². The Morgan fingerprint density at radius 2 is 2.00 bits per heavy atom. The molecular weight excluding hydrogens is 287 g/mol. The molecule has 0 bridgehead atoms. The molecule has 0 aliphatic carbocycles. The summed E-state index contributed by atoms with van der Waals surface area (Å²) in [6.45, 7) is 1.62. The fraction of sp³-hybridized carbons (Fsp3) is 0.154. The molecule has 0 atom stereocenters. The number of aryl methyl sites for hydroxylation is 1. The lowest BCUT2D eigenvalue weighted by atomic mass is 10.0. The zero-order valence-corrected chi connectivity index (χ0v) is 11.6. The molecule has 98 valence electrons. The van der Waals surface area contributed by atoms with E-state index in [9.17, 15) is 17.6 Å². The van der Waals surface area contributed by atoms with Crippen molar-refractivity contribution in [1.29, 1.82) is 0 Å². The quantitative estimate of drug-likeness (QED) is 0.751. The normalized spacial score (nSPS) is 16.6. The Bertz CT molecular complexity index is 803. The van der Waals surface area contributed by atoms with Gasteiger partial charge in [0.05, 0.1) is 10.6 Å². The van der Waals surface area contributed by atoms with Crippen LogP contribution in [0.4, 0.5) is 4.39 Å². The number of sulfone groups is 1. The lowest BCUT2D eigenvalue weighted by Gasteiger charge is -2.09. The first-order valence-electron chi connectivity index (χ1n) is 5.55. The second kappa shape index (κ2) is 3.98. The van der Waals surface area contributed by atoms with Crippen LogP contribution in [0, 0.1) is 12.7 Å². The first kappa shape index (κ1) is 12.5. The summed E-state index contributed by atoms with van der Waals surface area (Å²) in [5.74, 6) is -1.59. The molecule has 0 spiro atoms. The lowest BCUT2D eigenvalue weighted by Crippen LogP contribution is -2.11. The number of hydrogen-bond acceptors (Lipinski definition) is 4. The van der Waals surface area contributed by atoms with E-state index >= 15 is 0 Å². The summed E-state index contributed by atoms with van der Waals surface area (Å²) >= 11 is 1.19. The van der Waals surface area contributed by atoms with Gasteiger partial charge in [-0.3, -0.25) is 4.79 Å². The number of benzene rings is 1. The first-order valence-corrected chi connectivity index (χ1v) is 8.08. The van der Waals surface area contributed by atoms with Crippen LogP contribution < -0.4 is 0 Å². The van der Waals surface area contributed by atoms with E-state index in [0.29, 0.717) is 16.0 Å². The molecular formula is C13H9FO3S2. The Balaban J connectivity index is 2.48. The molecule has 19 heavy (non-hydrogen) atoms. The molecule has 3 nitrogen and oxygen atoms in total. The van der Waals surface area contributed by atoms with Crippen LogP contribution in [-0.2, 0) is 15.6 Å². The van der Waals surface area contributed by atoms with Crippen LogP contribution in [-0.4, -0.2) is 14.2 Å². The third-order valence-corrected chi connectivity index (χ3v) is 5.82. The van der Waals surface area contributed by atoms with Gasteiger partial charge in [-0.2, -0.15) is 0 Å². The number of carbonyl (C=O) groups excluding carboxylic acids is 1. The number of fused-ring (bicyclic) bond motifs is 2. The van der Waals surface area contributed by atoms with Crippen LogP contribution in [0.15, 0.2) is 28.5 Å². The van der Waals surface area contributed by atoms with Crippen molar-refractivity contribution >= 4 is 27.0 Å². The Kier molecular flexibility index (Phi) is 2.62. The van der Waals surface area contributed by atoms with Crippen LogP contribution in [0.25, 0.3) is 0 Å². The Labute approximate surface area is 113 Å². The number of thiophene rings is 1. The monoisotopic (exact) mass is 296 g/mol.